The molecular weight excluding hydrogens is 793 g/mol. The molecule has 11 aromatic rings. The zero-order chi connectivity index (χ0) is 42.1. The van der Waals surface area contributed by atoms with Gasteiger partial charge in [0.25, 0.3) is 0 Å². The summed E-state index contributed by atoms with van der Waals surface area (Å²) < 4.78 is 0. The highest BCUT2D eigenvalue weighted by molar-refractivity contribution is 6.08. The van der Waals surface area contributed by atoms with Crippen LogP contribution in [0, 0.1) is 0 Å². The van der Waals surface area contributed by atoms with E-state index in [2.05, 4.69) is 78.4 Å². The van der Waals surface area contributed by atoms with Crippen molar-refractivity contribution in [3.8, 4) is 90.6 Å². The van der Waals surface area contributed by atoms with Crippen LogP contribution in [0.25, 0.3) is 135 Å². The van der Waals surface area contributed by atoms with Crippen LogP contribution in [0.2, 0.25) is 0 Å². The van der Waals surface area contributed by atoms with Crippen LogP contribution >= 0.6 is 0 Å². The van der Waals surface area contributed by atoms with E-state index in [1.54, 1.807) is 24.8 Å². The SMILES string of the molecule is c1ccc(-c2ccc3c(c2)-c2nc-3nc3[nH]c(nc4nc(nc5[nH]c(n2)c2ccc(-c6ccccn6)cc52)-c2cc(-c5ccccn5)ccc2-4)c2cc(-c4ccccn4)ccc32)nc1. The van der Waals surface area contributed by atoms with E-state index in [0.717, 1.165) is 88.8 Å². The topological polar surface area (TPSA) is 160 Å². The van der Waals surface area contributed by atoms with Gasteiger partial charge in [-0.05, 0) is 97.1 Å². The fraction of sp³-hybridized carbons (Fsp3) is 0. The average Bonchev–Trinajstić information content (AvgIpc) is 4.10. The summed E-state index contributed by atoms with van der Waals surface area (Å²) in [4.78, 5) is 57.3. The molecule has 0 unspecified atom stereocenters. The van der Waals surface area contributed by atoms with Crippen molar-refractivity contribution >= 4 is 44.1 Å². The number of hydrogen-bond donors (Lipinski definition) is 2. The van der Waals surface area contributed by atoms with Gasteiger partial charge < -0.3 is 9.97 Å². The number of H-pyrrole nitrogens is 2. The maximum Gasteiger partial charge on any atom is 0.164 e. The fourth-order valence-corrected chi connectivity index (χ4v) is 8.57. The second kappa shape index (κ2) is 14.2. The minimum atomic E-state index is 0.491. The Labute approximate surface area is 363 Å². The summed E-state index contributed by atoms with van der Waals surface area (Å²) in [5.74, 6) is 2.00. The Bertz CT molecular complexity index is 3830. The summed E-state index contributed by atoms with van der Waals surface area (Å²) in [6.45, 7) is 0. The minimum Gasteiger partial charge on any atom is -0.324 e. The zero-order valence-electron chi connectivity index (χ0n) is 33.6. The molecule has 9 heterocycles. The first-order chi connectivity index (χ1) is 31.7. The lowest BCUT2D eigenvalue weighted by Gasteiger charge is -2.04. The van der Waals surface area contributed by atoms with Gasteiger partial charge in [-0.3, -0.25) is 19.9 Å². The molecule has 12 nitrogen and oxygen atoms in total. The summed E-state index contributed by atoms with van der Waals surface area (Å²) >= 11 is 0. The molecule has 7 aromatic heterocycles. The lowest BCUT2D eigenvalue weighted by atomic mass is 10.0. The Morgan fingerprint density at radius 2 is 0.594 bits per heavy atom. The third-order valence-electron chi connectivity index (χ3n) is 11.7. The van der Waals surface area contributed by atoms with E-state index in [-0.39, 0.29) is 0 Å². The molecule has 4 aromatic carbocycles. The van der Waals surface area contributed by atoms with Crippen molar-refractivity contribution in [1.82, 2.24) is 59.8 Å². The Balaban J connectivity index is 1.15. The zero-order valence-corrected chi connectivity index (χ0v) is 33.6. The second-order valence-electron chi connectivity index (χ2n) is 15.5. The van der Waals surface area contributed by atoms with Gasteiger partial charge >= 0.3 is 0 Å². The molecule has 0 amide bonds. The number of nitrogens with one attached hydrogen (secondary N) is 2. The number of nitrogens with zero attached hydrogens (tertiary/aromatic N) is 10. The van der Waals surface area contributed by atoms with Crippen LogP contribution in [0.15, 0.2) is 170 Å². The lowest BCUT2D eigenvalue weighted by molar-refractivity contribution is 1.19. The van der Waals surface area contributed by atoms with Gasteiger partial charge in [0.15, 0.2) is 23.3 Å². The van der Waals surface area contributed by atoms with Crippen molar-refractivity contribution < 1.29 is 0 Å². The maximum atomic E-state index is 5.33. The molecule has 13 rings (SSSR count). The highest BCUT2D eigenvalue weighted by Crippen LogP contribution is 2.40. The largest absolute Gasteiger partial charge is 0.324 e. The first kappa shape index (κ1) is 35.6. The van der Waals surface area contributed by atoms with Gasteiger partial charge in [-0.15, -0.1) is 0 Å². The van der Waals surface area contributed by atoms with E-state index in [4.69, 9.17) is 29.9 Å². The van der Waals surface area contributed by atoms with Gasteiger partial charge in [-0.25, -0.2) is 29.9 Å². The van der Waals surface area contributed by atoms with Crippen LogP contribution in [0.5, 0.6) is 0 Å². The Morgan fingerprint density at radius 3 is 0.953 bits per heavy atom. The number of aromatic amines is 2. The smallest absolute Gasteiger partial charge is 0.164 e. The average molecular weight is 823 g/mol. The molecule has 12 heteroatoms. The van der Waals surface area contributed by atoms with Crippen LogP contribution in [-0.4, -0.2) is 59.8 Å². The first-order valence-electron chi connectivity index (χ1n) is 20.7. The highest BCUT2D eigenvalue weighted by Gasteiger charge is 2.24. The summed E-state index contributed by atoms with van der Waals surface area (Å²) in [5.41, 5.74) is 12.8. The van der Waals surface area contributed by atoms with Crippen LogP contribution < -0.4 is 0 Å². The summed E-state index contributed by atoms with van der Waals surface area (Å²) in [6, 6.07) is 48.3. The van der Waals surface area contributed by atoms with Gasteiger partial charge in [-0.2, -0.15) is 0 Å². The van der Waals surface area contributed by atoms with Crippen molar-refractivity contribution in [2.45, 2.75) is 0 Å². The monoisotopic (exact) mass is 822 g/mol. The number of fused-ring (bicyclic) bond motifs is 20. The van der Waals surface area contributed by atoms with E-state index in [1.165, 1.54) is 0 Å². The van der Waals surface area contributed by atoms with E-state index in [1.807, 2.05) is 97.1 Å². The van der Waals surface area contributed by atoms with Crippen molar-refractivity contribution in [2.75, 3.05) is 0 Å². The van der Waals surface area contributed by atoms with Crippen molar-refractivity contribution in [2.24, 2.45) is 0 Å². The number of benzene rings is 4. The Kier molecular flexibility index (Phi) is 7.90. The number of hydrogen-bond acceptors (Lipinski definition) is 10. The third-order valence-corrected chi connectivity index (χ3v) is 11.7. The molecule has 0 radical (unpaired) electrons. The summed E-state index contributed by atoms with van der Waals surface area (Å²) in [5, 5.41) is 3.42. The predicted octanol–water partition coefficient (Wildman–Crippen LogP) is 11.1. The third kappa shape index (κ3) is 5.92. The molecule has 0 atom stereocenters. The molecular formula is C52H30N12. The Morgan fingerprint density at radius 1 is 0.266 bits per heavy atom. The van der Waals surface area contributed by atoms with E-state index in [9.17, 15) is 0 Å². The highest BCUT2D eigenvalue weighted by atomic mass is 15.1. The van der Waals surface area contributed by atoms with E-state index in [0.29, 0.717) is 45.9 Å². The molecule has 0 spiro atoms. The van der Waals surface area contributed by atoms with Crippen LogP contribution in [0.4, 0.5) is 0 Å². The number of aromatic nitrogens is 12. The first-order valence-corrected chi connectivity index (χ1v) is 20.7. The van der Waals surface area contributed by atoms with Crippen molar-refractivity contribution in [3.63, 3.8) is 0 Å². The quantitative estimate of drug-likeness (QED) is 0.175. The van der Waals surface area contributed by atoms with Crippen molar-refractivity contribution in [3.05, 3.63) is 170 Å². The normalized spacial score (nSPS) is 11.8. The second-order valence-corrected chi connectivity index (χ2v) is 15.5. The molecule has 0 fully saturated rings. The molecule has 0 saturated heterocycles. The molecule has 2 N–H and O–H groups in total. The predicted molar refractivity (Wildman–Crippen MR) is 249 cm³/mol. The molecule has 298 valence electrons. The van der Waals surface area contributed by atoms with Gasteiger partial charge in [-0.1, -0.05) is 48.5 Å². The molecule has 0 aliphatic carbocycles. The van der Waals surface area contributed by atoms with Crippen molar-refractivity contribution in [1.29, 1.82) is 0 Å². The molecule has 2 aliphatic rings. The van der Waals surface area contributed by atoms with E-state index >= 15 is 0 Å². The van der Waals surface area contributed by atoms with Gasteiger partial charge in [0.1, 0.15) is 22.6 Å². The van der Waals surface area contributed by atoms with Gasteiger partial charge in [0, 0.05) is 90.8 Å². The van der Waals surface area contributed by atoms with Gasteiger partial charge in [0.05, 0.1) is 22.8 Å². The molecule has 0 saturated carbocycles. The fourth-order valence-electron chi connectivity index (χ4n) is 8.57. The Hall–Kier alpha value is -9.16. The van der Waals surface area contributed by atoms with E-state index < -0.39 is 0 Å². The number of pyridine rings is 4. The van der Waals surface area contributed by atoms with Crippen LogP contribution in [-0.2, 0) is 0 Å². The lowest BCUT2D eigenvalue weighted by Crippen LogP contribution is -1.87. The standard InChI is InChI=1S/C52H30N12/c1-5-21-53-41(9-1)29-13-17-33-37(25-29)49-58-45(33)57-46-34-18-14-30(42-10-2-6-22-54-42)26-38(34)50(59-46)61-48-36-20-16-32(44-12-4-8-24-56-44)28-40(36)52(63-48)64-51-39-27-31(43-11-3-7-23-55-43)15-19-35(39)47(60-49)62-51/h1-28H,(H2,57,58,59,60,61,62,63,64). The maximum absolute atomic E-state index is 5.33. The van der Waals surface area contributed by atoms with Crippen LogP contribution in [0.1, 0.15) is 0 Å². The number of rotatable bonds is 4. The van der Waals surface area contributed by atoms with Gasteiger partial charge in [0.2, 0.25) is 0 Å². The summed E-state index contributed by atoms with van der Waals surface area (Å²) in [6.07, 6.45) is 7.18. The summed E-state index contributed by atoms with van der Waals surface area (Å²) in [7, 11) is 0. The minimum absolute atomic E-state index is 0.491. The molecule has 64 heavy (non-hydrogen) atoms. The molecule has 8 bridgehead atoms. The molecule has 2 aliphatic heterocycles. The van der Waals surface area contributed by atoms with Crippen LogP contribution in [0.3, 0.4) is 0 Å².